The second-order valence-corrected chi connectivity index (χ2v) is 4.50. The molecule has 1 saturated carbocycles. The van der Waals surface area contributed by atoms with Gasteiger partial charge in [-0.1, -0.05) is 6.92 Å². The molecule has 0 spiro atoms. The number of halogens is 1. The molecule has 1 aromatic rings. The lowest BCUT2D eigenvalue weighted by Crippen LogP contribution is -2.24. The lowest BCUT2D eigenvalue weighted by atomic mass is 10.3. The van der Waals surface area contributed by atoms with Gasteiger partial charge in [0.15, 0.2) is 11.6 Å². The van der Waals surface area contributed by atoms with Gasteiger partial charge in [-0.3, -0.25) is 0 Å². The number of anilines is 1. The van der Waals surface area contributed by atoms with Gasteiger partial charge in [0.25, 0.3) is 0 Å². The Balaban J connectivity index is 2.07. The number of ether oxygens (including phenoxy) is 1. The van der Waals surface area contributed by atoms with E-state index in [0.29, 0.717) is 12.5 Å². The molecule has 4 heteroatoms. The van der Waals surface area contributed by atoms with Crippen LogP contribution < -0.4 is 10.1 Å². The van der Waals surface area contributed by atoms with Crippen molar-refractivity contribution in [3.63, 3.8) is 0 Å². The Kier molecular flexibility index (Phi) is 3.54. The van der Waals surface area contributed by atoms with Gasteiger partial charge in [-0.05, 0) is 31.4 Å². The molecule has 0 radical (unpaired) electrons. The monoisotopic (exact) mass is 240 g/mol. The first-order chi connectivity index (χ1) is 7.79. The number of alkyl halides is 1. The summed E-state index contributed by atoms with van der Waals surface area (Å²) >= 11 is 5.93. The Labute approximate surface area is 101 Å². The molecule has 0 bridgehead atoms. The minimum Gasteiger partial charge on any atom is -0.490 e. The van der Waals surface area contributed by atoms with Crippen LogP contribution in [0.4, 0.5) is 5.82 Å². The lowest BCUT2D eigenvalue weighted by Gasteiger charge is -2.17. The van der Waals surface area contributed by atoms with E-state index in [-0.39, 0.29) is 5.54 Å². The highest BCUT2D eigenvalue weighted by Gasteiger charge is 2.42. The molecule has 1 N–H and O–H groups in total. The lowest BCUT2D eigenvalue weighted by molar-refractivity contribution is 0.317. The molecular weight excluding hydrogens is 224 g/mol. The molecule has 0 unspecified atom stereocenters. The Morgan fingerprint density at radius 2 is 2.38 bits per heavy atom. The van der Waals surface area contributed by atoms with Crippen molar-refractivity contribution in [3.8, 4) is 5.75 Å². The van der Waals surface area contributed by atoms with Crippen molar-refractivity contribution in [1.29, 1.82) is 0 Å². The zero-order valence-corrected chi connectivity index (χ0v) is 10.3. The number of rotatable bonds is 6. The Hall–Kier alpha value is -0.960. The molecule has 1 heterocycles. The fraction of sp³-hybridized carbons (Fsp3) is 0.583. The average molecular weight is 241 g/mol. The zero-order valence-electron chi connectivity index (χ0n) is 9.50. The van der Waals surface area contributed by atoms with Crippen LogP contribution in [0.1, 0.15) is 26.2 Å². The van der Waals surface area contributed by atoms with Crippen molar-refractivity contribution < 1.29 is 4.74 Å². The summed E-state index contributed by atoms with van der Waals surface area (Å²) in [5.41, 5.74) is 0.0558. The highest BCUT2D eigenvalue weighted by molar-refractivity contribution is 6.19. The van der Waals surface area contributed by atoms with Crippen molar-refractivity contribution in [1.82, 2.24) is 4.98 Å². The fourth-order valence-electron chi connectivity index (χ4n) is 1.51. The molecule has 0 aromatic carbocycles. The number of pyridine rings is 1. The summed E-state index contributed by atoms with van der Waals surface area (Å²) in [5, 5.41) is 3.39. The minimum absolute atomic E-state index is 0.0558. The fourth-order valence-corrected chi connectivity index (χ4v) is 1.84. The predicted octanol–water partition coefficient (Wildman–Crippen LogP) is 3.05. The van der Waals surface area contributed by atoms with Gasteiger partial charge in [-0.2, -0.15) is 0 Å². The van der Waals surface area contributed by atoms with E-state index < -0.39 is 0 Å². The zero-order chi connectivity index (χ0) is 11.4. The molecule has 0 aliphatic heterocycles. The average Bonchev–Trinajstić information content (AvgIpc) is 3.09. The molecule has 2 rings (SSSR count). The third-order valence-corrected chi connectivity index (χ3v) is 3.24. The van der Waals surface area contributed by atoms with Crippen molar-refractivity contribution >= 4 is 17.4 Å². The van der Waals surface area contributed by atoms with Crippen molar-refractivity contribution in [2.24, 2.45) is 0 Å². The molecule has 1 fully saturated rings. The summed E-state index contributed by atoms with van der Waals surface area (Å²) in [6.07, 6.45) is 4.99. The van der Waals surface area contributed by atoms with Crippen LogP contribution in [0.2, 0.25) is 0 Å². The molecule has 16 heavy (non-hydrogen) atoms. The van der Waals surface area contributed by atoms with Crippen LogP contribution in [-0.2, 0) is 0 Å². The third kappa shape index (κ3) is 2.59. The molecule has 1 aliphatic carbocycles. The van der Waals surface area contributed by atoms with Gasteiger partial charge in [-0.15, -0.1) is 11.6 Å². The van der Waals surface area contributed by atoms with E-state index in [2.05, 4.69) is 17.2 Å². The Morgan fingerprint density at radius 3 is 3.00 bits per heavy atom. The van der Waals surface area contributed by atoms with E-state index in [1.54, 1.807) is 6.20 Å². The summed E-state index contributed by atoms with van der Waals surface area (Å²) in [4.78, 5) is 4.31. The first-order valence-electron chi connectivity index (χ1n) is 5.71. The molecule has 0 saturated heterocycles. The van der Waals surface area contributed by atoms with Crippen LogP contribution in [0.3, 0.4) is 0 Å². The largest absolute Gasteiger partial charge is 0.490 e. The SMILES string of the molecule is CCCOc1cccnc1NC1(CCl)CC1. The quantitative estimate of drug-likeness (QED) is 0.776. The molecule has 3 nitrogen and oxygen atoms in total. The van der Waals surface area contributed by atoms with Crippen molar-refractivity contribution in [3.05, 3.63) is 18.3 Å². The van der Waals surface area contributed by atoms with E-state index in [9.17, 15) is 0 Å². The summed E-state index contributed by atoms with van der Waals surface area (Å²) in [6, 6.07) is 3.83. The van der Waals surface area contributed by atoms with Gasteiger partial charge in [0.1, 0.15) is 0 Å². The van der Waals surface area contributed by atoms with E-state index in [0.717, 1.165) is 30.8 Å². The van der Waals surface area contributed by atoms with Crippen LogP contribution in [-0.4, -0.2) is 23.0 Å². The van der Waals surface area contributed by atoms with Gasteiger partial charge in [-0.25, -0.2) is 4.98 Å². The summed E-state index contributed by atoms with van der Waals surface area (Å²) in [6.45, 7) is 2.80. The molecule has 88 valence electrons. The molecule has 0 atom stereocenters. The molecular formula is C12H17ClN2O. The van der Waals surface area contributed by atoms with Crippen LogP contribution in [0.25, 0.3) is 0 Å². The number of aromatic nitrogens is 1. The van der Waals surface area contributed by atoms with Gasteiger partial charge in [0, 0.05) is 12.1 Å². The Morgan fingerprint density at radius 1 is 1.56 bits per heavy atom. The molecule has 0 amide bonds. The van der Waals surface area contributed by atoms with Gasteiger partial charge >= 0.3 is 0 Å². The first kappa shape index (κ1) is 11.5. The summed E-state index contributed by atoms with van der Waals surface area (Å²) < 4.78 is 5.64. The number of hydrogen-bond acceptors (Lipinski definition) is 3. The second-order valence-electron chi connectivity index (χ2n) is 4.24. The maximum Gasteiger partial charge on any atom is 0.169 e. The maximum atomic E-state index is 5.93. The van der Waals surface area contributed by atoms with Crippen molar-refractivity contribution in [2.75, 3.05) is 17.8 Å². The standard InChI is InChI=1S/C12H17ClN2O/c1-2-8-16-10-4-3-7-14-11(10)15-12(9-13)5-6-12/h3-4,7H,2,5-6,8-9H2,1H3,(H,14,15). The molecule has 1 aromatic heterocycles. The van der Waals surface area contributed by atoms with E-state index in [1.807, 2.05) is 12.1 Å². The normalized spacial score (nSPS) is 16.9. The number of nitrogens with zero attached hydrogens (tertiary/aromatic N) is 1. The van der Waals surface area contributed by atoms with Gasteiger partial charge in [0.2, 0.25) is 0 Å². The van der Waals surface area contributed by atoms with Crippen LogP contribution >= 0.6 is 11.6 Å². The van der Waals surface area contributed by atoms with E-state index in [1.165, 1.54) is 0 Å². The highest BCUT2D eigenvalue weighted by Crippen LogP contribution is 2.41. The maximum absolute atomic E-state index is 5.93. The topological polar surface area (TPSA) is 34.1 Å². The van der Waals surface area contributed by atoms with Crippen LogP contribution in [0, 0.1) is 0 Å². The smallest absolute Gasteiger partial charge is 0.169 e. The second kappa shape index (κ2) is 4.91. The van der Waals surface area contributed by atoms with Crippen LogP contribution in [0.15, 0.2) is 18.3 Å². The summed E-state index contributed by atoms with van der Waals surface area (Å²) in [7, 11) is 0. The minimum atomic E-state index is 0.0558. The number of hydrogen-bond donors (Lipinski definition) is 1. The molecule has 1 aliphatic rings. The van der Waals surface area contributed by atoms with Gasteiger partial charge in [0.05, 0.1) is 12.1 Å². The number of nitrogens with one attached hydrogen (secondary N) is 1. The third-order valence-electron chi connectivity index (χ3n) is 2.73. The van der Waals surface area contributed by atoms with E-state index in [4.69, 9.17) is 16.3 Å². The highest BCUT2D eigenvalue weighted by atomic mass is 35.5. The van der Waals surface area contributed by atoms with Gasteiger partial charge < -0.3 is 10.1 Å². The Bertz CT molecular complexity index is 353. The predicted molar refractivity (Wildman–Crippen MR) is 66.3 cm³/mol. The summed E-state index contributed by atoms with van der Waals surface area (Å²) in [5.74, 6) is 2.26. The van der Waals surface area contributed by atoms with E-state index >= 15 is 0 Å². The first-order valence-corrected chi connectivity index (χ1v) is 6.25. The van der Waals surface area contributed by atoms with Crippen molar-refractivity contribution in [2.45, 2.75) is 31.7 Å². The van der Waals surface area contributed by atoms with Crippen LogP contribution in [0.5, 0.6) is 5.75 Å².